The van der Waals surface area contributed by atoms with Crippen molar-refractivity contribution in [3.05, 3.63) is 10.4 Å². The van der Waals surface area contributed by atoms with Crippen LogP contribution >= 0.6 is 0 Å². The van der Waals surface area contributed by atoms with Gasteiger partial charge in [0.25, 0.3) is 0 Å². The lowest BCUT2D eigenvalue weighted by Gasteiger charge is -2.15. The lowest BCUT2D eigenvalue weighted by molar-refractivity contribution is 0.522. The number of nitrogens with zero attached hydrogens (tertiary/aromatic N) is 3. The summed E-state index contributed by atoms with van der Waals surface area (Å²) in [4.78, 5) is 2.71. The Morgan fingerprint density at radius 1 is 1.57 bits per heavy atom. The molecule has 1 N–H and O–H groups in total. The minimum absolute atomic E-state index is 0.0620. The van der Waals surface area contributed by atoms with E-state index in [1.165, 1.54) is 0 Å². The molecule has 1 fully saturated rings. The van der Waals surface area contributed by atoms with E-state index in [1.54, 1.807) is 6.92 Å². The van der Waals surface area contributed by atoms with E-state index in [2.05, 4.69) is 14.7 Å². The second kappa shape index (κ2) is 4.63. The zero-order valence-corrected chi connectivity index (χ0v) is 8.87. The highest BCUT2D eigenvalue weighted by atomic mass is 32.2. The summed E-state index contributed by atoms with van der Waals surface area (Å²) in [6.07, 6.45) is 2.42. The molecule has 80 valence electrons. The summed E-state index contributed by atoms with van der Waals surface area (Å²) in [5.74, 6) is 0.0620. The van der Waals surface area contributed by atoms with Crippen molar-refractivity contribution in [1.82, 2.24) is 4.72 Å². The van der Waals surface area contributed by atoms with Crippen LogP contribution in [0.15, 0.2) is 5.11 Å². The van der Waals surface area contributed by atoms with Gasteiger partial charge in [-0.25, -0.2) is 13.1 Å². The fourth-order valence-corrected chi connectivity index (χ4v) is 2.50. The maximum atomic E-state index is 11.3. The van der Waals surface area contributed by atoms with Crippen LogP contribution in [0.1, 0.15) is 26.2 Å². The molecule has 0 heterocycles. The molecule has 0 aromatic heterocycles. The average molecular weight is 218 g/mol. The zero-order chi connectivity index (χ0) is 10.6. The number of hydrogen-bond donors (Lipinski definition) is 1. The molecular formula is C7H14N4O2S. The van der Waals surface area contributed by atoms with Crippen LogP contribution in [0.2, 0.25) is 0 Å². The van der Waals surface area contributed by atoms with E-state index >= 15 is 0 Å². The number of azide groups is 1. The van der Waals surface area contributed by atoms with Gasteiger partial charge < -0.3 is 0 Å². The molecule has 14 heavy (non-hydrogen) atoms. The Balaban J connectivity index is 2.64. The molecule has 0 amide bonds. The molecule has 7 heteroatoms. The first-order chi connectivity index (χ1) is 6.59. The van der Waals surface area contributed by atoms with Gasteiger partial charge in [0, 0.05) is 11.0 Å². The van der Waals surface area contributed by atoms with Crippen molar-refractivity contribution in [2.75, 3.05) is 5.75 Å². The highest BCUT2D eigenvalue weighted by Gasteiger charge is 2.29. The normalized spacial score (nSPS) is 27.2. The molecule has 1 rings (SSSR count). The number of hydrogen-bond acceptors (Lipinski definition) is 3. The Labute approximate surface area is 83.4 Å². The van der Waals surface area contributed by atoms with Crippen LogP contribution in [0.25, 0.3) is 10.4 Å². The van der Waals surface area contributed by atoms with Crippen molar-refractivity contribution in [2.45, 2.75) is 38.3 Å². The monoisotopic (exact) mass is 218 g/mol. The Kier molecular flexibility index (Phi) is 3.74. The third-order valence-electron chi connectivity index (χ3n) is 2.39. The summed E-state index contributed by atoms with van der Waals surface area (Å²) in [6, 6.07) is -0.433. The molecule has 0 radical (unpaired) electrons. The van der Waals surface area contributed by atoms with E-state index in [4.69, 9.17) is 5.53 Å². The summed E-state index contributed by atoms with van der Waals surface area (Å²) < 4.78 is 25.1. The van der Waals surface area contributed by atoms with E-state index < -0.39 is 10.0 Å². The standard InChI is InChI=1S/C7H14N4O2S/c1-2-14(12,13)10-7-5-3-4-6(7)9-11-8/h6-7,10H,2-5H2,1H3. The van der Waals surface area contributed by atoms with Gasteiger partial charge in [-0.15, -0.1) is 0 Å². The maximum Gasteiger partial charge on any atom is 0.211 e. The summed E-state index contributed by atoms with van der Waals surface area (Å²) in [5, 5.41) is 3.58. The number of sulfonamides is 1. The van der Waals surface area contributed by atoms with E-state index in [0.717, 1.165) is 19.3 Å². The van der Waals surface area contributed by atoms with Gasteiger partial charge in [-0.05, 0) is 25.3 Å². The second-order valence-electron chi connectivity index (χ2n) is 3.33. The molecule has 0 saturated heterocycles. The van der Waals surface area contributed by atoms with Crippen molar-refractivity contribution in [3.63, 3.8) is 0 Å². The van der Waals surface area contributed by atoms with Gasteiger partial charge in [-0.3, -0.25) is 0 Å². The van der Waals surface area contributed by atoms with E-state index in [0.29, 0.717) is 0 Å². The first-order valence-electron chi connectivity index (χ1n) is 4.63. The zero-order valence-electron chi connectivity index (χ0n) is 8.05. The summed E-state index contributed by atoms with van der Waals surface area (Å²) in [6.45, 7) is 1.58. The highest BCUT2D eigenvalue weighted by Crippen LogP contribution is 2.22. The molecule has 0 bridgehead atoms. The SMILES string of the molecule is CCS(=O)(=O)NC1CCCC1N=[N+]=[N-]. The van der Waals surface area contributed by atoms with E-state index in [9.17, 15) is 8.42 Å². The van der Waals surface area contributed by atoms with Crippen LogP contribution in [0.5, 0.6) is 0 Å². The third kappa shape index (κ3) is 2.87. The lowest BCUT2D eigenvalue weighted by Crippen LogP contribution is -2.39. The topological polar surface area (TPSA) is 94.9 Å². The fraction of sp³-hybridized carbons (Fsp3) is 1.00. The van der Waals surface area contributed by atoms with Gasteiger partial charge >= 0.3 is 0 Å². The van der Waals surface area contributed by atoms with Crippen LogP contribution in [0, 0.1) is 0 Å². The first kappa shape index (κ1) is 11.3. The molecule has 1 aliphatic rings. The van der Waals surface area contributed by atoms with Gasteiger partial charge in [0.05, 0.1) is 11.8 Å². The molecule has 0 aromatic carbocycles. The summed E-state index contributed by atoms with van der Waals surface area (Å²) in [7, 11) is -3.19. The molecule has 0 spiro atoms. The van der Waals surface area contributed by atoms with Crippen LogP contribution < -0.4 is 4.72 Å². The smallest absolute Gasteiger partial charge is 0.211 e. The van der Waals surface area contributed by atoms with Crippen molar-refractivity contribution >= 4 is 10.0 Å². The largest absolute Gasteiger partial charge is 0.212 e. The second-order valence-corrected chi connectivity index (χ2v) is 5.37. The summed E-state index contributed by atoms with van der Waals surface area (Å²) in [5.41, 5.74) is 8.28. The quantitative estimate of drug-likeness (QED) is 0.435. The number of nitrogens with one attached hydrogen (secondary N) is 1. The predicted molar refractivity (Wildman–Crippen MR) is 53.2 cm³/mol. The third-order valence-corrected chi connectivity index (χ3v) is 3.81. The fourth-order valence-electron chi connectivity index (χ4n) is 1.60. The van der Waals surface area contributed by atoms with E-state index in [-0.39, 0.29) is 17.8 Å². The van der Waals surface area contributed by atoms with Crippen LogP contribution in [-0.4, -0.2) is 26.3 Å². The van der Waals surface area contributed by atoms with Gasteiger partial charge in [0.1, 0.15) is 0 Å². The highest BCUT2D eigenvalue weighted by molar-refractivity contribution is 7.89. The van der Waals surface area contributed by atoms with Gasteiger partial charge in [0.2, 0.25) is 10.0 Å². The lowest BCUT2D eigenvalue weighted by atomic mass is 10.2. The Hall–Kier alpha value is -0.780. The molecule has 0 aliphatic heterocycles. The molecule has 1 aliphatic carbocycles. The van der Waals surface area contributed by atoms with Crippen molar-refractivity contribution in [2.24, 2.45) is 5.11 Å². The molecule has 0 aromatic rings. The Morgan fingerprint density at radius 3 is 2.86 bits per heavy atom. The van der Waals surface area contributed by atoms with Crippen molar-refractivity contribution < 1.29 is 8.42 Å². The van der Waals surface area contributed by atoms with Gasteiger partial charge in [-0.1, -0.05) is 11.5 Å². The van der Waals surface area contributed by atoms with Crippen LogP contribution in [-0.2, 0) is 10.0 Å². The molecular weight excluding hydrogens is 204 g/mol. The van der Waals surface area contributed by atoms with Gasteiger partial charge in [0.15, 0.2) is 0 Å². The minimum atomic E-state index is -3.19. The predicted octanol–water partition coefficient (Wildman–Crippen LogP) is 1.16. The van der Waals surface area contributed by atoms with Gasteiger partial charge in [-0.2, -0.15) is 0 Å². The maximum absolute atomic E-state index is 11.3. The summed E-state index contributed by atoms with van der Waals surface area (Å²) >= 11 is 0. The van der Waals surface area contributed by atoms with Crippen molar-refractivity contribution in [3.8, 4) is 0 Å². The van der Waals surface area contributed by atoms with Crippen LogP contribution in [0.3, 0.4) is 0 Å². The van der Waals surface area contributed by atoms with Crippen molar-refractivity contribution in [1.29, 1.82) is 0 Å². The molecule has 1 saturated carbocycles. The average Bonchev–Trinajstić information content (AvgIpc) is 2.53. The molecule has 2 atom stereocenters. The minimum Gasteiger partial charge on any atom is -0.212 e. The molecule has 6 nitrogen and oxygen atoms in total. The molecule has 2 unspecified atom stereocenters. The Morgan fingerprint density at radius 2 is 2.29 bits per heavy atom. The van der Waals surface area contributed by atoms with E-state index in [1.807, 2.05) is 0 Å². The first-order valence-corrected chi connectivity index (χ1v) is 6.28. The van der Waals surface area contributed by atoms with Crippen LogP contribution in [0.4, 0.5) is 0 Å². The Bertz CT molecular complexity index is 334. The number of rotatable bonds is 4.